The number of aliphatic imine (C=N–C) groups is 1. The molecule has 0 atom stereocenters. The van der Waals surface area contributed by atoms with Crippen LogP contribution < -0.4 is 20.9 Å². The van der Waals surface area contributed by atoms with Crippen molar-refractivity contribution in [3.63, 3.8) is 0 Å². The van der Waals surface area contributed by atoms with Gasteiger partial charge in [-0.2, -0.15) is 0 Å². The van der Waals surface area contributed by atoms with E-state index in [9.17, 15) is 12.8 Å². The lowest BCUT2D eigenvalue weighted by Gasteiger charge is -2.22. The summed E-state index contributed by atoms with van der Waals surface area (Å²) in [4.78, 5) is 7.15. The number of hydrogen-bond acceptors (Lipinski definition) is 7. The highest BCUT2D eigenvalue weighted by Crippen LogP contribution is 2.36. The van der Waals surface area contributed by atoms with Crippen LogP contribution in [0.1, 0.15) is 24.0 Å². The van der Waals surface area contributed by atoms with E-state index in [0.717, 1.165) is 53.3 Å². The first kappa shape index (κ1) is 25.2. The van der Waals surface area contributed by atoms with E-state index in [1.165, 1.54) is 25.0 Å². The van der Waals surface area contributed by atoms with E-state index >= 15 is 0 Å². The summed E-state index contributed by atoms with van der Waals surface area (Å²) in [6.07, 6.45) is 2.36. The Morgan fingerprint density at radius 1 is 0.946 bits per heavy atom. The zero-order chi connectivity index (χ0) is 26.0. The van der Waals surface area contributed by atoms with Gasteiger partial charge in [-0.15, -0.1) is 0 Å². The summed E-state index contributed by atoms with van der Waals surface area (Å²) in [5.41, 5.74) is 12.3. The van der Waals surface area contributed by atoms with Crippen molar-refractivity contribution in [2.24, 2.45) is 4.99 Å². The van der Waals surface area contributed by atoms with E-state index in [1.807, 2.05) is 26.0 Å². The molecule has 1 saturated heterocycles. The molecular formula is C27H31FN6O2S. The molecule has 10 heteroatoms. The molecule has 3 aromatic carbocycles. The Bertz CT molecular complexity index is 1430. The largest absolute Gasteiger partial charge is 0.325 e. The highest BCUT2D eigenvalue weighted by atomic mass is 32.2. The highest BCUT2D eigenvalue weighted by Gasteiger charge is 2.18. The van der Waals surface area contributed by atoms with Crippen molar-refractivity contribution >= 4 is 33.0 Å². The maximum absolute atomic E-state index is 13.6. The SMILES string of the molecule is Cc1cc(F)ccc1-c1cc2c(cc1C)N=C(Nc1ccc(S(=O)(=O)NCCN3CCCC3)cc1)NN2. The molecule has 2 aliphatic heterocycles. The first-order valence-electron chi connectivity index (χ1n) is 12.4. The van der Waals surface area contributed by atoms with E-state index in [-0.39, 0.29) is 10.7 Å². The van der Waals surface area contributed by atoms with Crippen molar-refractivity contribution in [2.75, 3.05) is 36.9 Å². The van der Waals surface area contributed by atoms with Crippen LogP contribution in [-0.4, -0.2) is 45.5 Å². The van der Waals surface area contributed by atoms with E-state index in [1.54, 1.807) is 30.3 Å². The van der Waals surface area contributed by atoms with Crippen LogP contribution >= 0.6 is 0 Å². The van der Waals surface area contributed by atoms with Crippen LogP contribution in [0.15, 0.2) is 64.5 Å². The third-order valence-corrected chi connectivity index (χ3v) is 8.19. The van der Waals surface area contributed by atoms with Gasteiger partial charge in [0.1, 0.15) is 5.82 Å². The fourth-order valence-corrected chi connectivity index (χ4v) is 5.74. The van der Waals surface area contributed by atoms with Crippen LogP contribution in [0, 0.1) is 19.7 Å². The van der Waals surface area contributed by atoms with Crippen molar-refractivity contribution in [1.82, 2.24) is 15.0 Å². The van der Waals surface area contributed by atoms with Gasteiger partial charge in [-0.3, -0.25) is 10.9 Å². The second kappa shape index (κ2) is 10.5. The standard InChI is InChI=1S/C27H31FN6O2S/c1-18-15-20(28)5-10-23(18)24-17-26-25(16-19(24)2)31-27(33-32-26)30-21-6-8-22(9-7-21)37(35,36)29-11-14-34-12-3-4-13-34/h5-10,15-17,29,32H,3-4,11-14H2,1-2H3,(H2,30,31,33). The van der Waals surface area contributed by atoms with Gasteiger partial charge >= 0.3 is 0 Å². The molecule has 194 valence electrons. The van der Waals surface area contributed by atoms with Crippen LogP contribution in [0.5, 0.6) is 0 Å². The van der Waals surface area contributed by atoms with Crippen LogP contribution in [0.2, 0.25) is 0 Å². The Morgan fingerprint density at radius 2 is 1.68 bits per heavy atom. The Kier molecular flexibility index (Phi) is 7.14. The number of guanidine groups is 1. The molecule has 0 bridgehead atoms. The topological polar surface area (TPSA) is 97.9 Å². The average molecular weight is 523 g/mol. The maximum atomic E-state index is 13.6. The molecular weight excluding hydrogens is 491 g/mol. The minimum Gasteiger partial charge on any atom is -0.325 e. The molecule has 2 heterocycles. The predicted octanol–water partition coefficient (Wildman–Crippen LogP) is 4.51. The number of likely N-dealkylation sites (tertiary alicyclic amines) is 1. The van der Waals surface area contributed by atoms with E-state index < -0.39 is 10.0 Å². The van der Waals surface area contributed by atoms with E-state index in [2.05, 4.69) is 30.8 Å². The smallest absolute Gasteiger partial charge is 0.240 e. The Balaban J connectivity index is 1.26. The van der Waals surface area contributed by atoms with Gasteiger partial charge in [-0.1, -0.05) is 6.07 Å². The molecule has 0 radical (unpaired) electrons. The molecule has 8 nitrogen and oxygen atoms in total. The molecule has 0 aliphatic carbocycles. The molecule has 4 N–H and O–H groups in total. The fourth-order valence-electron chi connectivity index (χ4n) is 4.72. The van der Waals surface area contributed by atoms with E-state index in [0.29, 0.717) is 18.2 Å². The van der Waals surface area contributed by atoms with Gasteiger partial charge in [0.15, 0.2) is 0 Å². The molecule has 37 heavy (non-hydrogen) atoms. The number of halogens is 1. The second-order valence-electron chi connectivity index (χ2n) is 9.45. The van der Waals surface area contributed by atoms with Crippen LogP contribution in [0.3, 0.4) is 0 Å². The lowest BCUT2D eigenvalue weighted by molar-refractivity contribution is 0.344. The Labute approximate surface area is 217 Å². The van der Waals surface area contributed by atoms with Crippen molar-refractivity contribution in [2.45, 2.75) is 31.6 Å². The van der Waals surface area contributed by atoms with Crippen molar-refractivity contribution in [3.05, 3.63) is 71.5 Å². The number of nitrogens with one attached hydrogen (secondary N) is 4. The monoisotopic (exact) mass is 522 g/mol. The van der Waals surface area contributed by atoms with Crippen molar-refractivity contribution in [3.8, 4) is 11.1 Å². The summed E-state index contributed by atoms with van der Waals surface area (Å²) in [6.45, 7) is 7.09. The van der Waals surface area contributed by atoms with Crippen LogP contribution in [0.25, 0.3) is 11.1 Å². The second-order valence-corrected chi connectivity index (χ2v) is 11.2. The van der Waals surface area contributed by atoms with Gasteiger partial charge in [0.2, 0.25) is 16.0 Å². The molecule has 1 fully saturated rings. The number of rotatable bonds is 7. The highest BCUT2D eigenvalue weighted by molar-refractivity contribution is 7.89. The summed E-state index contributed by atoms with van der Waals surface area (Å²) >= 11 is 0. The fraction of sp³-hybridized carbons (Fsp3) is 0.296. The lowest BCUT2D eigenvalue weighted by Crippen LogP contribution is -2.37. The zero-order valence-electron chi connectivity index (χ0n) is 20.9. The molecule has 2 aliphatic rings. The third-order valence-electron chi connectivity index (χ3n) is 6.72. The molecule has 0 aromatic heterocycles. The summed E-state index contributed by atoms with van der Waals surface area (Å²) in [5, 5.41) is 3.17. The number of hydrogen-bond donors (Lipinski definition) is 4. The number of hydrazine groups is 1. The van der Waals surface area contributed by atoms with Gasteiger partial charge in [0.25, 0.3) is 0 Å². The molecule has 0 unspecified atom stereocenters. The molecule has 0 spiro atoms. The normalized spacial score (nSPS) is 15.5. The first-order valence-corrected chi connectivity index (χ1v) is 13.9. The van der Waals surface area contributed by atoms with Gasteiger partial charge in [0, 0.05) is 18.8 Å². The third kappa shape index (κ3) is 5.76. The van der Waals surface area contributed by atoms with Gasteiger partial charge in [-0.25, -0.2) is 22.5 Å². The number of anilines is 2. The molecule has 0 saturated carbocycles. The summed E-state index contributed by atoms with van der Waals surface area (Å²) in [7, 11) is -3.56. The lowest BCUT2D eigenvalue weighted by atomic mass is 9.95. The van der Waals surface area contributed by atoms with Crippen LogP contribution in [-0.2, 0) is 10.0 Å². The van der Waals surface area contributed by atoms with Gasteiger partial charge in [0.05, 0.1) is 16.3 Å². The first-order chi connectivity index (χ1) is 17.8. The number of aryl methyl sites for hydroxylation is 2. The number of fused-ring (bicyclic) bond motifs is 1. The minimum atomic E-state index is -3.56. The number of nitrogens with zero attached hydrogens (tertiary/aromatic N) is 2. The number of sulfonamides is 1. The summed E-state index contributed by atoms with van der Waals surface area (Å²) in [5.74, 6) is 0.230. The number of benzene rings is 3. The van der Waals surface area contributed by atoms with Gasteiger partial charge in [-0.05, 0) is 111 Å². The quantitative estimate of drug-likeness (QED) is 0.365. The maximum Gasteiger partial charge on any atom is 0.240 e. The molecule has 0 amide bonds. The van der Waals surface area contributed by atoms with E-state index in [4.69, 9.17) is 0 Å². The zero-order valence-corrected chi connectivity index (χ0v) is 21.8. The van der Waals surface area contributed by atoms with Crippen molar-refractivity contribution < 1.29 is 12.8 Å². The minimum absolute atomic E-state index is 0.223. The Hall–Kier alpha value is -3.47. The molecule has 5 rings (SSSR count). The summed E-state index contributed by atoms with van der Waals surface area (Å²) in [6, 6.07) is 15.3. The molecule has 3 aromatic rings. The van der Waals surface area contributed by atoms with Crippen molar-refractivity contribution in [1.29, 1.82) is 0 Å². The van der Waals surface area contributed by atoms with Gasteiger partial charge < -0.3 is 10.2 Å². The van der Waals surface area contributed by atoms with Crippen LogP contribution in [0.4, 0.5) is 21.5 Å². The average Bonchev–Trinajstić information content (AvgIpc) is 3.38. The predicted molar refractivity (Wildman–Crippen MR) is 146 cm³/mol. The summed E-state index contributed by atoms with van der Waals surface area (Å²) < 4.78 is 41.5. The Morgan fingerprint density at radius 3 is 2.41 bits per heavy atom.